The average Bonchev–Trinajstić information content (AvgIpc) is 3.15. The molecule has 2 aliphatic heterocycles. The fourth-order valence-electron chi connectivity index (χ4n) is 3.29. The number of rotatable bonds is 4. The number of nitrogens with one attached hydrogen (secondary N) is 2. The van der Waals surface area contributed by atoms with Crippen molar-refractivity contribution in [2.45, 2.75) is 26.3 Å². The van der Waals surface area contributed by atoms with Crippen LogP contribution in [0, 0.1) is 5.92 Å². The van der Waals surface area contributed by atoms with Crippen molar-refractivity contribution < 1.29 is 9.47 Å². The van der Waals surface area contributed by atoms with E-state index < -0.39 is 0 Å². The third-order valence-corrected chi connectivity index (χ3v) is 5.25. The van der Waals surface area contributed by atoms with E-state index >= 15 is 0 Å². The van der Waals surface area contributed by atoms with Gasteiger partial charge >= 0.3 is 0 Å². The number of piperidine rings is 1. The first kappa shape index (κ1) is 17.9. The molecule has 0 aliphatic carbocycles. The number of aromatic nitrogens is 1. The van der Waals surface area contributed by atoms with Crippen molar-refractivity contribution in [2.75, 3.05) is 30.1 Å². The van der Waals surface area contributed by atoms with Crippen LogP contribution in [0.1, 0.15) is 25.3 Å². The van der Waals surface area contributed by atoms with Gasteiger partial charge in [-0.2, -0.15) is 0 Å². The second kappa shape index (κ2) is 8.00. The van der Waals surface area contributed by atoms with Crippen LogP contribution in [0.25, 0.3) is 0 Å². The van der Waals surface area contributed by atoms with Crippen molar-refractivity contribution in [1.29, 1.82) is 0 Å². The van der Waals surface area contributed by atoms with E-state index in [1.165, 1.54) is 12.8 Å². The van der Waals surface area contributed by atoms with E-state index in [4.69, 9.17) is 21.7 Å². The van der Waals surface area contributed by atoms with Gasteiger partial charge in [0.15, 0.2) is 16.6 Å². The zero-order valence-electron chi connectivity index (χ0n) is 15.4. The predicted molar refractivity (Wildman–Crippen MR) is 110 cm³/mol. The molecule has 0 amide bonds. The molecule has 0 radical (unpaired) electrons. The smallest absolute Gasteiger partial charge is 0.231 e. The molecule has 0 unspecified atom stereocenters. The van der Waals surface area contributed by atoms with E-state index in [1.807, 2.05) is 30.5 Å². The molecule has 1 aromatic heterocycles. The van der Waals surface area contributed by atoms with Crippen molar-refractivity contribution in [3.05, 3.63) is 42.1 Å². The Balaban J connectivity index is 1.28. The third kappa shape index (κ3) is 4.42. The SMILES string of the molecule is CC1CCN(c2ccc(NC(=S)NCc3ccc4c(c3)OCO4)cn2)CC1. The number of thiocarbonyl (C=S) groups is 1. The molecule has 1 fully saturated rings. The van der Waals surface area contributed by atoms with Gasteiger partial charge in [0.05, 0.1) is 11.9 Å². The largest absolute Gasteiger partial charge is 0.454 e. The van der Waals surface area contributed by atoms with Crippen LogP contribution < -0.4 is 25.0 Å². The molecule has 2 aromatic rings. The summed E-state index contributed by atoms with van der Waals surface area (Å²) in [4.78, 5) is 6.93. The van der Waals surface area contributed by atoms with Crippen molar-refractivity contribution in [3.8, 4) is 11.5 Å². The van der Waals surface area contributed by atoms with E-state index in [1.54, 1.807) is 0 Å². The lowest BCUT2D eigenvalue weighted by atomic mass is 9.99. The quantitative estimate of drug-likeness (QED) is 0.782. The monoisotopic (exact) mass is 384 g/mol. The number of benzene rings is 1. The van der Waals surface area contributed by atoms with E-state index in [9.17, 15) is 0 Å². The van der Waals surface area contributed by atoms with Crippen LogP contribution in [0.2, 0.25) is 0 Å². The first-order valence-electron chi connectivity index (χ1n) is 9.32. The van der Waals surface area contributed by atoms with Crippen LogP contribution in [0.15, 0.2) is 36.5 Å². The molecule has 6 nitrogen and oxygen atoms in total. The van der Waals surface area contributed by atoms with Gasteiger partial charge in [-0.25, -0.2) is 4.98 Å². The Morgan fingerprint density at radius 2 is 2.00 bits per heavy atom. The van der Waals surface area contributed by atoms with Crippen LogP contribution >= 0.6 is 12.2 Å². The Morgan fingerprint density at radius 3 is 2.78 bits per heavy atom. The molecule has 27 heavy (non-hydrogen) atoms. The Bertz CT molecular complexity index is 804. The highest BCUT2D eigenvalue weighted by molar-refractivity contribution is 7.80. The van der Waals surface area contributed by atoms with Gasteiger partial charge in [0.1, 0.15) is 5.82 Å². The normalized spacial score (nSPS) is 16.3. The van der Waals surface area contributed by atoms with Crippen LogP contribution in [0.5, 0.6) is 11.5 Å². The van der Waals surface area contributed by atoms with Gasteiger partial charge in [-0.3, -0.25) is 0 Å². The summed E-state index contributed by atoms with van der Waals surface area (Å²) in [6, 6.07) is 9.96. The second-order valence-corrected chi connectivity index (χ2v) is 7.48. The lowest BCUT2D eigenvalue weighted by molar-refractivity contribution is 0.174. The Labute approximate surface area is 164 Å². The number of ether oxygens (including phenoxy) is 2. The molecular weight excluding hydrogens is 360 g/mol. The van der Waals surface area contributed by atoms with Gasteiger partial charge in [0.25, 0.3) is 0 Å². The molecule has 3 heterocycles. The lowest BCUT2D eigenvalue weighted by Crippen LogP contribution is -2.33. The molecule has 2 N–H and O–H groups in total. The summed E-state index contributed by atoms with van der Waals surface area (Å²) in [6.45, 7) is 5.37. The van der Waals surface area contributed by atoms with E-state index in [-0.39, 0.29) is 6.79 Å². The summed E-state index contributed by atoms with van der Waals surface area (Å²) < 4.78 is 10.7. The summed E-state index contributed by atoms with van der Waals surface area (Å²) in [6.07, 6.45) is 4.30. The highest BCUT2D eigenvalue weighted by Crippen LogP contribution is 2.32. The predicted octanol–water partition coefficient (Wildman–Crippen LogP) is 3.53. The molecule has 4 rings (SSSR count). The van der Waals surface area contributed by atoms with Gasteiger partial charge in [0, 0.05) is 19.6 Å². The molecule has 2 aliphatic rings. The van der Waals surface area contributed by atoms with Gasteiger partial charge < -0.3 is 25.0 Å². The number of hydrogen-bond acceptors (Lipinski definition) is 5. The molecule has 0 saturated carbocycles. The van der Waals surface area contributed by atoms with E-state index in [2.05, 4.69) is 33.5 Å². The maximum absolute atomic E-state index is 5.40. The average molecular weight is 385 g/mol. The van der Waals surface area contributed by atoms with E-state index in [0.717, 1.165) is 47.6 Å². The summed E-state index contributed by atoms with van der Waals surface area (Å²) in [5.41, 5.74) is 1.96. The van der Waals surface area contributed by atoms with Gasteiger partial charge in [-0.1, -0.05) is 13.0 Å². The molecule has 7 heteroatoms. The molecular formula is C20H24N4O2S. The second-order valence-electron chi connectivity index (χ2n) is 7.07. The van der Waals surface area contributed by atoms with Crippen LogP contribution in [-0.2, 0) is 6.54 Å². The standard InChI is InChI=1S/C20H24N4O2S/c1-14-6-8-24(9-7-14)19-5-3-16(12-21-19)23-20(27)22-11-15-2-4-17-18(10-15)26-13-25-17/h2-5,10,12,14H,6-9,11,13H2,1H3,(H2,22,23,27). The summed E-state index contributed by atoms with van der Waals surface area (Å²) >= 11 is 5.39. The Hall–Kier alpha value is -2.54. The van der Waals surface area contributed by atoms with Crippen molar-refractivity contribution >= 4 is 28.8 Å². The summed E-state index contributed by atoms with van der Waals surface area (Å²) in [5.74, 6) is 3.41. The maximum Gasteiger partial charge on any atom is 0.231 e. The van der Waals surface area contributed by atoms with Crippen molar-refractivity contribution in [2.24, 2.45) is 5.92 Å². The molecule has 142 valence electrons. The number of anilines is 2. The van der Waals surface area contributed by atoms with Crippen molar-refractivity contribution in [3.63, 3.8) is 0 Å². The first-order valence-corrected chi connectivity index (χ1v) is 9.72. The number of hydrogen-bond donors (Lipinski definition) is 2. The molecule has 0 bridgehead atoms. The first-order chi connectivity index (χ1) is 13.2. The number of nitrogens with zero attached hydrogens (tertiary/aromatic N) is 2. The molecule has 0 atom stereocenters. The molecule has 0 spiro atoms. The van der Waals surface area contributed by atoms with Crippen molar-refractivity contribution in [1.82, 2.24) is 10.3 Å². The minimum absolute atomic E-state index is 0.283. The highest BCUT2D eigenvalue weighted by Gasteiger charge is 2.17. The van der Waals surface area contributed by atoms with Crippen LogP contribution in [0.4, 0.5) is 11.5 Å². The lowest BCUT2D eigenvalue weighted by Gasteiger charge is -2.31. The molecule has 1 saturated heterocycles. The van der Waals surface area contributed by atoms with Crippen LogP contribution in [-0.4, -0.2) is 30.0 Å². The zero-order chi connectivity index (χ0) is 18.6. The summed E-state index contributed by atoms with van der Waals surface area (Å²) in [5, 5.41) is 6.96. The molecule has 1 aromatic carbocycles. The third-order valence-electron chi connectivity index (χ3n) is 5.00. The fraction of sp³-hybridized carbons (Fsp3) is 0.400. The van der Waals surface area contributed by atoms with Crippen LogP contribution in [0.3, 0.4) is 0 Å². The van der Waals surface area contributed by atoms with Gasteiger partial charge in [0.2, 0.25) is 6.79 Å². The minimum atomic E-state index is 0.283. The zero-order valence-corrected chi connectivity index (χ0v) is 16.2. The van der Waals surface area contributed by atoms with Gasteiger partial charge in [-0.15, -0.1) is 0 Å². The number of pyridine rings is 1. The summed E-state index contributed by atoms with van der Waals surface area (Å²) in [7, 11) is 0. The minimum Gasteiger partial charge on any atom is -0.454 e. The van der Waals surface area contributed by atoms with E-state index in [0.29, 0.717) is 11.7 Å². The number of fused-ring (bicyclic) bond motifs is 1. The Morgan fingerprint density at radius 1 is 1.19 bits per heavy atom. The Kier molecular flexibility index (Phi) is 5.29. The van der Waals surface area contributed by atoms with Gasteiger partial charge in [-0.05, 0) is 60.8 Å². The topological polar surface area (TPSA) is 58.7 Å². The highest BCUT2D eigenvalue weighted by atomic mass is 32.1. The maximum atomic E-state index is 5.40. The fourth-order valence-corrected chi connectivity index (χ4v) is 3.48.